The van der Waals surface area contributed by atoms with E-state index >= 15 is 0 Å². The van der Waals surface area contributed by atoms with Gasteiger partial charge in [-0.25, -0.2) is 4.98 Å². The summed E-state index contributed by atoms with van der Waals surface area (Å²) in [6.07, 6.45) is 3.85. The van der Waals surface area contributed by atoms with Gasteiger partial charge in [0.2, 0.25) is 0 Å². The van der Waals surface area contributed by atoms with Gasteiger partial charge >= 0.3 is 0 Å². The predicted octanol–water partition coefficient (Wildman–Crippen LogP) is 2.92. The van der Waals surface area contributed by atoms with Crippen LogP contribution in [-0.4, -0.2) is 26.9 Å². The zero-order valence-electron chi connectivity index (χ0n) is 11.8. The molecule has 0 fully saturated rings. The van der Waals surface area contributed by atoms with Crippen LogP contribution in [0.3, 0.4) is 0 Å². The zero-order valence-corrected chi connectivity index (χ0v) is 12.6. The molecule has 0 amide bonds. The first-order chi connectivity index (χ1) is 7.79. The van der Waals surface area contributed by atoms with Crippen molar-refractivity contribution in [1.82, 2.24) is 14.9 Å². The molecule has 17 heavy (non-hydrogen) atoms. The van der Waals surface area contributed by atoms with E-state index in [1.165, 1.54) is 0 Å². The van der Waals surface area contributed by atoms with E-state index in [0.29, 0.717) is 11.2 Å². The minimum atomic E-state index is 0.176. The second kappa shape index (κ2) is 5.91. The summed E-state index contributed by atoms with van der Waals surface area (Å²) in [5, 5.41) is 5.23. The second-order valence-electron chi connectivity index (χ2n) is 5.85. The number of aromatic nitrogens is 2. The highest BCUT2D eigenvalue weighted by molar-refractivity contribution is 7.99. The molecule has 0 bridgehead atoms. The van der Waals surface area contributed by atoms with E-state index in [-0.39, 0.29) is 5.54 Å². The number of thioether (sulfide) groups is 1. The number of hydrogen-bond donors (Lipinski definition) is 1. The third kappa shape index (κ3) is 5.13. The average Bonchev–Trinajstić information content (AvgIpc) is 2.56. The number of aryl methyl sites for hydroxylation is 1. The van der Waals surface area contributed by atoms with Gasteiger partial charge in [-0.15, -0.1) is 0 Å². The van der Waals surface area contributed by atoms with Gasteiger partial charge in [0, 0.05) is 36.8 Å². The van der Waals surface area contributed by atoms with Gasteiger partial charge in [-0.1, -0.05) is 25.6 Å². The molecule has 1 atom stereocenters. The fourth-order valence-electron chi connectivity index (χ4n) is 1.42. The maximum atomic E-state index is 4.38. The molecule has 1 rings (SSSR count). The van der Waals surface area contributed by atoms with Gasteiger partial charge in [0.05, 0.1) is 0 Å². The van der Waals surface area contributed by atoms with Crippen LogP contribution in [0.4, 0.5) is 0 Å². The topological polar surface area (TPSA) is 29.9 Å². The van der Waals surface area contributed by atoms with E-state index in [0.717, 1.165) is 11.7 Å². The van der Waals surface area contributed by atoms with Crippen LogP contribution >= 0.6 is 11.8 Å². The Morgan fingerprint density at radius 1 is 1.41 bits per heavy atom. The summed E-state index contributed by atoms with van der Waals surface area (Å²) >= 11 is 1.86. The molecule has 4 heteroatoms. The van der Waals surface area contributed by atoms with E-state index in [9.17, 15) is 0 Å². The van der Waals surface area contributed by atoms with Gasteiger partial charge in [-0.05, 0) is 26.7 Å². The summed E-state index contributed by atoms with van der Waals surface area (Å²) in [5.41, 5.74) is 0.176. The lowest BCUT2D eigenvalue weighted by Crippen LogP contribution is -2.41. The van der Waals surface area contributed by atoms with Crippen LogP contribution in [0.5, 0.6) is 0 Å². The van der Waals surface area contributed by atoms with Crippen LogP contribution in [0.25, 0.3) is 0 Å². The maximum Gasteiger partial charge on any atom is 0.167 e. The lowest BCUT2D eigenvalue weighted by atomic mass is 10.1. The molecule has 3 nitrogen and oxygen atoms in total. The fraction of sp³-hybridized carbons (Fsp3) is 0.769. The van der Waals surface area contributed by atoms with Crippen LogP contribution in [0.2, 0.25) is 0 Å². The van der Waals surface area contributed by atoms with Gasteiger partial charge < -0.3 is 9.88 Å². The van der Waals surface area contributed by atoms with Crippen molar-refractivity contribution in [2.75, 3.05) is 6.54 Å². The SMILES string of the molecule is CC(C)C(CNC(C)(C)C)Sc1nccn1C. The van der Waals surface area contributed by atoms with Crippen LogP contribution in [-0.2, 0) is 7.05 Å². The third-order valence-electron chi connectivity index (χ3n) is 2.61. The quantitative estimate of drug-likeness (QED) is 0.821. The van der Waals surface area contributed by atoms with E-state index in [2.05, 4.69) is 49.5 Å². The molecule has 1 N–H and O–H groups in total. The van der Waals surface area contributed by atoms with E-state index in [4.69, 9.17) is 0 Å². The Bertz CT molecular complexity index is 339. The molecule has 0 spiro atoms. The molecular formula is C13H25N3S. The molecule has 0 aliphatic carbocycles. The van der Waals surface area contributed by atoms with E-state index < -0.39 is 0 Å². The number of rotatable bonds is 5. The number of imidazole rings is 1. The Morgan fingerprint density at radius 3 is 2.47 bits per heavy atom. The number of nitrogens with zero attached hydrogens (tertiary/aromatic N) is 2. The van der Waals surface area contributed by atoms with Crippen molar-refractivity contribution in [2.24, 2.45) is 13.0 Å². The molecular weight excluding hydrogens is 230 g/mol. The molecule has 1 aromatic rings. The summed E-state index contributed by atoms with van der Waals surface area (Å²) in [6.45, 7) is 12.2. The van der Waals surface area contributed by atoms with Crippen molar-refractivity contribution in [3.05, 3.63) is 12.4 Å². The van der Waals surface area contributed by atoms with E-state index in [1.807, 2.05) is 31.2 Å². The fourth-order valence-corrected chi connectivity index (χ4v) is 2.48. The summed E-state index contributed by atoms with van der Waals surface area (Å²) < 4.78 is 2.08. The van der Waals surface area contributed by atoms with Gasteiger partial charge in [0.15, 0.2) is 5.16 Å². The van der Waals surface area contributed by atoms with Gasteiger partial charge in [0.25, 0.3) is 0 Å². The van der Waals surface area contributed by atoms with Crippen molar-refractivity contribution in [2.45, 2.75) is 50.6 Å². The van der Waals surface area contributed by atoms with Gasteiger partial charge in [0.1, 0.15) is 0 Å². The third-order valence-corrected chi connectivity index (χ3v) is 4.23. The highest BCUT2D eigenvalue weighted by Gasteiger charge is 2.19. The lowest BCUT2D eigenvalue weighted by molar-refractivity contribution is 0.407. The Kier molecular flexibility index (Phi) is 5.07. The van der Waals surface area contributed by atoms with E-state index in [1.54, 1.807) is 0 Å². The first kappa shape index (κ1) is 14.6. The second-order valence-corrected chi connectivity index (χ2v) is 7.06. The Balaban J connectivity index is 2.58. The van der Waals surface area contributed by atoms with Crippen LogP contribution < -0.4 is 5.32 Å². The average molecular weight is 255 g/mol. The van der Waals surface area contributed by atoms with Crippen molar-refractivity contribution < 1.29 is 0 Å². The largest absolute Gasteiger partial charge is 0.329 e. The monoisotopic (exact) mass is 255 g/mol. The van der Waals surface area contributed by atoms with Crippen molar-refractivity contribution >= 4 is 11.8 Å². The molecule has 0 aliphatic heterocycles. The molecule has 1 heterocycles. The molecule has 0 aliphatic rings. The normalized spacial score (nSPS) is 14.3. The lowest BCUT2D eigenvalue weighted by Gasteiger charge is -2.26. The van der Waals surface area contributed by atoms with Crippen LogP contribution in [0.1, 0.15) is 34.6 Å². The highest BCUT2D eigenvalue weighted by atomic mass is 32.2. The minimum absolute atomic E-state index is 0.176. The Hall–Kier alpha value is -0.480. The van der Waals surface area contributed by atoms with Crippen molar-refractivity contribution in [3.63, 3.8) is 0 Å². The van der Waals surface area contributed by atoms with Crippen molar-refractivity contribution in [1.29, 1.82) is 0 Å². The highest BCUT2D eigenvalue weighted by Crippen LogP contribution is 2.26. The van der Waals surface area contributed by atoms with Gasteiger partial charge in [-0.3, -0.25) is 0 Å². The van der Waals surface area contributed by atoms with Crippen LogP contribution in [0.15, 0.2) is 17.6 Å². The molecule has 0 saturated carbocycles. The number of nitrogens with one attached hydrogen (secondary N) is 1. The summed E-state index contributed by atoms with van der Waals surface area (Å²) in [4.78, 5) is 4.38. The molecule has 0 aromatic carbocycles. The summed E-state index contributed by atoms with van der Waals surface area (Å²) in [7, 11) is 2.05. The predicted molar refractivity (Wildman–Crippen MR) is 75.4 cm³/mol. The Morgan fingerprint density at radius 2 is 2.06 bits per heavy atom. The summed E-state index contributed by atoms with van der Waals surface area (Å²) in [5.74, 6) is 0.631. The first-order valence-electron chi connectivity index (χ1n) is 6.18. The number of hydrogen-bond acceptors (Lipinski definition) is 3. The smallest absolute Gasteiger partial charge is 0.167 e. The minimum Gasteiger partial charge on any atom is -0.329 e. The molecule has 98 valence electrons. The first-order valence-corrected chi connectivity index (χ1v) is 7.06. The molecule has 1 aromatic heterocycles. The van der Waals surface area contributed by atoms with Gasteiger partial charge in [-0.2, -0.15) is 0 Å². The Labute approximate surface area is 109 Å². The van der Waals surface area contributed by atoms with Crippen molar-refractivity contribution in [3.8, 4) is 0 Å². The molecule has 0 radical (unpaired) electrons. The molecule has 0 saturated heterocycles. The summed E-state index contributed by atoms with van der Waals surface area (Å²) in [6, 6.07) is 0. The standard InChI is InChI=1S/C13H25N3S/c1-10(2)11(9-15-13(3,4)5)17-12-14-7-8-16(12)6/h7-8,10-11,15H,9H2,1-6H3. The molecule has 1 unspecified atom stereocenters. The van der Waals surface area contributed by atoms with Crippen LogP contribution in [0, 0.1) is 5.92 Å². The maximum absolute atomic E-state index is 4.38. The zero-order chi connectivity index (χ0) is 13.1.